The molecule has 0 amide bonds. The SMILES string of the molecule is CCOC(=O)C1NNCC1CN1CCCC(Cc2ccccc2)(C(=O)OCC)C1. The van der Waals surface area contributed by atoms with Gasteiger partial charge >= 0.3 is 11.9 Å². The summed E-state index contributed by atoms with van der Waals surface area (Å²) in [6.45, 7) is 7.43. The topological polar surface area (TPSA) is 79.9 Å². The van der Waals surface area contributed by atoms with Crippen molar-refractivity contribution in [2.75, 3.05) is 39.4 Å². The normalized spacial score (nSPS) is 27.5. The summed E-state index contributed by atoms with van der Waals surface area (Å²) in [4.78, 5) is 27.6. The monoisotopic (exact) mass is 403 g/mol. The highest BCUT2D eigenvalue weighted by molar-refractivity contribution is 5.78. The first kappa shape index (κ1) is 21.7. The maximum atomic E-state index is 13.0. The number of esters is 2. The molecule has 3 rings (SSSR count). The number of carbonyl (C=O) groups is 2. The summed E-state index contributed by atoms with van der Waals surface area (Å²) in [6, 6.07) is 9.79. The molecule has 0 saturated carbocycles. The summed E-state index contributed by atoms with van der Waals surface area (Å²) in [5.41, 5.74) is 6.73. The fourth-order valence-corrected chi connectivity index (χ4v) is 4.56. The van der Waals surface area contributed by atoms with E-state index in [0.29, 0.717) is 32.7 Å². The minimum atomic E-state index is -0.547. The zero-order valence-corrected chi connectivity index (χ0v) is 17.5. The van der Waals surface area contributed by atoms with Crippen molar-refractivity contribution >= 4 is 11.9 Å². The van der Waals surface area contributed by atoms with E-state index < -0.39 is 5.41 Å². The van der Waals surface area contributed by atoms with Crippen LogP contribution in [0.15, 0.2) is 30.3 Å². The van der Waals surface area contributed by atoms with Crippen LogP contribution in [0.1, 0.15) is 32.3 Å². The van der Waals surface area contributed by atoms with Gasteiger partial charge in [-0.15, -0.1) is 0 Å². The molecule has 0 bridgehead atoms. The van der Waals surface area contributed by atoms with Crippen molar-refractivity contribution in [1.29, 1.82) is 0 Å². The third-order valence-electron chi connectivity index (χ3n) is 5.88. The predicted octanol–water partition coefficient (Wildman–Crippen LogP) is 1.53. The Kier molecular flexibility index (Phi) is 7.64. The lowest BCUT2D eigenvalue weighted by Gasteiger charge is -2.42. The number of hydrogen-bond donors (Lipinski definition) is 2. The summed E-state index contributed by atoms with van der Waals surface area (Å²) in [5.74, 6) is -0.234. The lowest BCUT2D eigenvalue weighted by molar-refractivity contribution is -0.159. The van der Waals surface area contributed by atoms with Crippen LogP contribution in [0.4, 0.5) is 0 Å². The lowest BCUT2D eigenvalue weighted by Crippen LogP contribution is -2.52. The Morgan fingerprint density at radius 3 is 2.66 bits per heavy atom. The number of carbonyl (C=O) groups excluding carboxylic acids is 2. The van der Waals surface area contributed by atoms with Gasteiger partial charge in [0.2, 0.25) is 0 Å². The highest BCUT2D eigenvalue weighted by Gasteiger charge is 2.45. The number of nitrogens with zero attached hydrogens (tertiary/aromatic N) is 1. The van der Waals surface area contributed by atoms with Gasteiger partial charge in [-0.3, -0.25) is 15.0 Å². The first-order chi connectivity index (χ1) is 14.1. The Hall–Kier alpha value is -1.96. The van der Waals surface area contributed by atoms with Crippen molar-refractivity contribution in [3.8, 4) is 0 Å². The molecule has 1 aromatic rings. The number of rotatable bonds is 8. The van der Waals surface area contributed by atoms with Crippen molar-refractivity contribution in [1.82, 2.24) is 15.8 Å². The van der Waals surface area contributed by atoms with E-state index in [-0.39, 0.29) is 23.9 Å². The molecular formula is C22H33N3O4. The molecule has 29 heavy (non-hydrogen) atoms. The molecule has 7 heteroatoms. The highest BCUT2D eigenvalue weighted by atomic mass is 16.5. The fraction of sp³-hybridized carbons (Fsp3) is 0.636. The van der Waals surface area contributed by atoms with E-state index in [9.17, 15) is 9.59 Å². The van der Waals surface area contributed by atoms with Gasteiger partial charge in [-0.2, -0.15) is 0 Å². The van der Waals surface area contributed by atoms with E-state index in [0.717, 1.165) is 31.5 Å². The second-order valence-corrected chi connectivity index (χ2v) is 8.02. The van der Waals surface area contributed by atoms with Gasteiger partial charge in [0.05, 0.1) is 18.6 Å². The highest BCUT2D eigenvalue weighted by Crippen LogP contribution is 2.36. The molecule has 0 aliphatic carbocycles. The molecule has 0 spiro atoms. The number of nitrogens with one attached hydrogen (secondary N) is 2. The van der Waals surface area contributed by atoms with Crippen molar-refractivity contribution in [2.45, 2.75) is 39.2 Å². The minimum Gasteiger partial charge on any atom is -0.466 e. The predicted molar refractivity (Wildman–Crippen MR) is 110 cm³/mol. The summed E-state index contributed by atoms with van der Waals surface area (Å²) in [5, 5.41) is 0. The number of ether oxygens (including phenoxy) is 2. The van der Waals surface area contributed by atoms with Crippen molar-refractivity contribution in [2.24, 2.45) is 11.3 Å². The van der Waals surface area contributed by atoms with Crippen LogP contribution in [0.25, 0.3) is 0 Å². The molecule has 3 unspecified atom stereocenters. The van der Waals surface area contributed by atoms with E-state index in [4.69, 9.17) is 9.47 Å². The lowest BCUT2D eigenvalue weighted by atomic mass is 9.74. The number of piperidine rings is 1. The summed E-state index contributed by atoms with van der Waals surface area (Å²) < 4.78 is 10.7. The number of benzene rings is 1. The fourth-order valence-electron chi connectivity index (χ4n) is 4.56. The zero-order valence-electron chi connectivity index (χ0n) is 17.5. The molecule has 2 saturated heterocycles. The molecule has 3 atom stereocenters. The van der Waals surface area contributed by atoms with Crippen LogP contribution in [0.5, 0.6) is 0 Å². The Morgan fingerprint density at radius 2 is 1.93 bits per heavy atom. The van der Waals surface area contributed by atoms with Crippen LogP contribution >= 0.6 is 0 Å². The van der Waals surface area contributed by atoms with E-state index in [2.05, 4.69) is 27.9 Å². The Labute approximate surface area is 173 Å². The van der Waals surface area contributed by atoms with E-state index in [1.807, 2.05) is 32.0 Å². The van der Waals surface area contributed by atoms with Crippen molar-refractivity contribution < 1.29 is 19.1 Å². The molecule has 2 aliphatic rings. The van der Waals surface area contributed by atoms with Crippen LogP contribution in [0.2, 0.25) is 0 Å². The maximum absolute atomic E-state index is 13.0. The molecule has 0 aromatic heterocycles. The number of hydrogen-bond acceptors (Lipinski definition) is 7. The van der Waals surface area contributed by atoms with Gasteiger partial charge in [0.15, 0.2) is 0 Å². The number of hydrazine groups is 1. The second kappa shape index (κ2) is 10.2. The van der Waals surface area contributed by atoms with Crippen LogP contribution in [0, 0.1) is 11.3 Å². The molecule has 1 aromatic carbocycles. The van der Waals surface area contributed by atoms with E-state index in [1.165, 1.54) is 0 Å². The first-order valence-corrected chi connectivity index (χ1v) is 10.7. The zero-order chi connectivity index (χ0) is 20.7. The summed E-state index contributed by atoms with van der Waals surface area (Å²) in [6.07, 6.45) is 2.43. The molecule has 2 fully saturated rings. The average molecular weight is 404 g/mol. The summed E-state index contributed by atoms with van der Waals surface area (Å²) >= 11 is 0. The molecular weight excluding hydrogens is 370 g/mol. The Morgan fingerprint density at radius 1 is 1.17 bits per heavy atom. The van der Waals surface area contributed by atoms with Crippen molar-refractivity contribution in [3.63, 3.8) is 0 Å². The van der Waals surface area contributed by atoms with Gasteiger partial charge in [0.25, 0.3) is 0 Å². The van der Waals surface area contributed by atoms with Gasteiger partial charge in [-0.1, -0.05) is 30.3 Å². The van der Waals surface area contributed by atoms with Crippen LogP contribution < -0.4 is 10.9 Å². The molecule has 7 nitrogen and oxygen atoms in total. The van der Waals surface area contributed by atoms with Gasteiger partial charge in [0.1, 0.15) is 6.04 Å². The molecule has 2 N–H and O–H groups in total. The Bertz CT molecular complexity index is 684. The summed E-state index contributed by atoms with van der Waals surface area (Å²) in [7, 11) is 0. The van der Waals surface area contributed by atoms with Gasteiger partial charge in [0, 0.05) is 25.6 Å². The molecule has 2 heterocycles. The van der Waals surface area contributed by atoms with Gasteiger partial charge in [-0.25, -0.2) is 5.43 Å². The smallest absolute Gasteiger partial charge is 0.324 e. The Balaban J connectivity index is 1.72. The molecule has 160 valence electrons. The quantitative estimate of drug-likeness (QED) is 0.637. The van der Waals surface area contributed by atoms with Gasteiger partial charge in [-0.05, 0) is 45.2 Å². The van der Waals surface area contributed by atoms with Crippen LogP contribution in [-0.4, -0.2) is 62.3 Å². The molecule has 2 aliphatic heterocycles. The van der Waals surface area contributed by atoms with Crippen molar-refractivity contribution in [3.05, 3.63) is 35.9 Å². The standard InChI is InChI=1S/C22H33N3O4/c1-3-28-20(26)19-18(14-23-24-19)15-25-12-8-11-22(16-25,21(27)29-4-2)13-17-9-6-5-7-10-17/h5-7,9-10,18-19,23-24H,3-4,8,11-16H2,1-2H3. The molecule has 0 radical (unpaired) electrons. The van der Waals surface area contributed by atoms with E-state index >= 15 is 0 Å². The largest absolute Gasteiger partial charge is 0.466 e. The second-order valence-electron chi connectivity index (χ2n) is 8.02. The number of likely N-dealkylation sites (tertiary alicyclic amines) is 1. The third kappa shape index (κ3) is 5.35. The third-order valence-corrected chi connectivity index (χ3v) is 5.88. The average Bonchev–Trinajstić information content (AvgIpc) is 3.17. The minimum absolute atomic E-state index is 0.101. The van der Waals surface area contributed by atoms with Gasteiger partial charge < -0.3 is 14.4 Å². The maximum Gasteiger partial charge on any atom is 0.324 e. The first-order valence-electron chi connectivity index (χ1n) is 10.7. The van der Waals surface area contributed by atoms with E-state index in [1.54, 1.807) is 0 Å². The van der Waals surface area contributed by atoms with Crippen LogP contribution in [-0.2, 0) is 25.5 Å². The van der Waals surface area contributed by atoms with Crippen LogP contribution in [0.3, 0.4) is 0 Å².